The number of H-pyrrole nitrogens is 1. The van der Waals surface area contributed by atoms with Crippen molar-refractivity contribution in [2.45, 2.75) is 78.1 Å². The van der Waals surface area contributed by atoms with Gasteiger partial charge in [0.05, 0.1) is 48.3 Å². The molecule has 2 heterocycles. The maximum absolute atomic E-state index is 14.9. The third kappa shape index (κ3) is 10.8. The Balaban J connectivity index is 1.23. The number of aliphatic hydroxyl groups excluding tert-OH is 2. The van der Waals surface area contributed by atoms with E-state index in [1.807, 2.05) is 72.8 Å². The fourth-order valence-electron chi connectivity index (χ4n) is 8.77. The maximum Gasteiger partial charge on any atom is 0.260 e. The normalized spacial score (nSPS) is 11.8. The number of nitrogens with zero attached hydrogens (tertiary/aromatic N) is 4. The van der Waals surface area contributed by atoms with E-state index in [-0.39, 0.29) is 84.4 Å². The highest BCUT2D eigenvalue weighted by Crippen LogP contribution is 2.47. The van der Waals surface area contributed by atoms with Crippen LogP contribution in [0.3, 0.4) is 0 Å². The molecule has 0 bridgehead atoms. The van der Waals surface area contributed by atoms with E-state index in [4.69, 9.17) is 9.47 Å². The van der Waals surface area contributed by atoms with Crippen LogP contribution in [0.5, 0.6) is 17.2 Å². The van der Waals surface area contributed by atoms with Crippen LogP contribution >= 0.6 is 0 Å². The quantitative estimate of drug-likeness (QED) is 0.0276. The summed E-state index contributed by atoms with van der Waals surface area (Å²) >= 11 is 0. The highest BCUT2D eigenvalue weighted by atomic mass is 16.5. The van der Waals surface area contributed by atoms with Crippen molar-refractivity contribution in [2.75, 3.05) is 54.3 Å². The summed E-state index contributed by atoms with van der Waals surface area (Å²) in [7, 11) is 1.56. The molecule has 5 aromatic carbocycles. The van der Waals surface area contributed by atoms with Crippen LogP contribution in [0.25, 0.3) is 22.0 Å². The van der Waals surface area contributed by atoms with Crippen LogP contribution in [-0.2, 0) is 5.41 Å². The van der Waals surface area contributed by atoms with Crippen LogP contribution in [0.15, 0.2) is 108 Å². The zero-order valence-electron chi connectivity index (χ0n) is 40.3. The van der Waals surface area contributed by atoms with Gasteiger partial charge in [-0.2, -0.15) is 15.0 Å². The van der Waals surface area contributed by atoms with Gasteiger partial charge in [-0.3, -0.25) is 14.4 Å². The Morgan fingerprint density at radius 1 is 0.700 bits per heavy atom. The first-order valence-electron chi connectivity index (χ1n) is 23.9. The number of unbranched alkanes of at least 4 members (excludes halogenated alkanes) is 5. The number of pyridine rings is 1. The number of nitrogens with one attached hydrogen (secondary N) is 4. The second-order valence-corrected chi connectivity index (χ2v) is 18.3. The van der Waals surface area contributed by atoms with E-state index in [0.717, 1.165) is 37.7 Å². The molecule has 362 valence electrons. The molecule has 0 spiro atoms. The predicted octanol–water partition coefficient (Wildman–Crippen LogP) is 11.0. The first-order valence-corrected chi connectivity index (χ1v) is 23.9. The molecule has 7 aromatic rings. The molecule has 0 unspecified atom stereocenters. The standard InChI is InChI=1S/C55H60N8O7/c1-6-7-8-9-10-11-22-42(66)47-45-38-19-12-13-20-39(38)50(67)46-41(33-44(49(48(45)46)59-51(47)68)70-37-26-24-34(25-27-37)55(2,3)4)56-35-17-16-18-36(32-35)57-52-60-53(58-40-21-14-15-23-43(40)69-5)62-54(61-52)63(28-30-64)29-31-65/h12-21,23-27,32-33,56,64-65H,6-11,22,28-31H2,1-5H3,(H,59,68)(H2,57,58,60,61,62). The SMILES string of the molecule is CCCCCCCCC(=O)c1c2c3c(c(Nc4cccc(Nc5nc(Nc6ccccc6OC)nc(N(CCO)CCO)n5)c4)cc(Oc4ccc(C(C)(C)C)cc4)c3[nH]c1=O)C(=O)c1ccccc1-2. The van der Waals surface area contributed by atoms with Crippen molar-refractivity contribution < 1.29 is 29.3 Å². The Kier molecular flexibility index (Phi) is 15.2. The van der Waals surface area contributed by atoms with Crippen molar-refractivity contribution in [2.24, 2.45) is 0 Å². The zero-order chi connectivity index (χ0) is 49.4. The summed E-state index contributed by atoms with van der Waals surface area (Å²) in [4.78, 5) is 62.2. The van der Waals surface area contributed by atoms with Gasteiger partial charge in [0.2, 0.25) is 17.8 Å². The summed E-state index contributed by atoms with van der Waals surface area (Å²) in [5, 5.41) is 30.1. The topological polar surface area (TPSA) is 204 Å². The third-order valence-electron chi connectivity index (χ3n) is 12.3. The minimum absolute atomic E-state index is 0.0268. The molecule has 1 aliphatic carbocycles. The molecular formula is C55H60N8O7. The minimum Gasteiger partial charge on any atom is -0.495 e. The van der Waals surface area contributed by atoms with Crippen LogP contribution in [0.2, 0.25) is 0 Å². The molecule has 0 atom stereocenters. The number of aromatic amines is 1. The summed E-state index contributed by atoms with van der Waals surface area (Å²) in [6, 6.07) is 31.2. The molecule has 6 N–H and O–H groups in total. The number of Topliss-reactive ketones (excluding diaryl/α,β-unsaturated/α-hetero) is 1. The highest BCUT2D eigenvalue weighted by molar-refractivity contribution is 6.30. The van der Waals surface area contributed by atoms with Crippen molar-refractivity contribution in [1.82, 2.24) is 19.9 Å². The van der Waals surface area contributed by atoms with Crippen LogP contribution in [0.1, 0.15) is 104 Å². The van der Waals surface area contributed by atoms with Gasteiger partial charge in [-0.05, 0) is 65.4 Å². The zero-order valence-corrected chi connectivity index (χ0v) is 40.3. The number of hydrogen-bond acceptors (Lipinski definition) is 14. The van der Waals surface area contributed by atoms with Crippen LogP contribution in [-0.4, -0.2) is 75.1 Å². The second kappa shape index (κ2) is 21.8. The summed E-state index contributed by atoms with van der Waals surface area (Å²) in [6.07, 6.45) is 6.09. The summed E-state index contributed by atoms with van der Waals surface area (Å²) in [5.74, 6) is 1.35. The molecule has 0 aliphatic heterocycles. The number of aromatic nitrogens is 4. The number of fused-ring (bicyclic) bond motifs is 2. The van der Waals surface area contributed by atoms with Crippen molar-refractivity contribution in [3.8, 4) is 28.4 Å². The maximum atomic E-state index is 14.9. The predicted molar refractivity (Wildman–Crippen MR) is 276 cm³/mol. The lowest BCUT2D eigenvalue weighted by molar-refractivity contribution is 0.0976. The van der Waals surface area contributed by atoms with Gasteiger partial charge in [-0.1, -0.05) is 114 Å². The summed E-state index contributed by atoms with van der Waals surface area (Å²) < 4.78 is 12.2. The van der Waals surface area contributed by atoms with Crippen LogP contribution in [0, 0.1) is 0 Å². The molecule has 2 aromatic heterocycles. The van der Waals surface area contributed by atoms with Crippen molar-refractivity contribution >= 4 is 63.1 Å². The van der Waals surface area contributed by atoms with Gasteiger partial charge in [-0.15, -0.1) is 0 Å². The number of methoxy groups -OCH3 is 1. The lowest BCUT2D eigenvalue weighted by Gasteiger charge is -2.26. The summed E-state index contributed by atoms with van der Waals surface area (Å²) in [6.45, 7) is 8.48. The Morgan fingerprint density at radius 3 is 2.06 bits per heavy atom. The Bertz CT molecular complexity index is 3070. The van der Waals surface area contributed by atoms with Crippen molar-refractivity contribution in [1.29, 1.82) is 0 Å². The number of aliphatic hydroxyl groups is 2. The largest absolute Gasteiger partial charge is 0.495 e. The van der Waals surface area contributed by atoms with Gasteiger partial charge < -0.3 is 45.5 Å². The van der Waals surface area contributed by atoms with E-state index >= 15 is 0 Å². The number of para-hydroxylation sites is 2. The summed E-state index contributed by atoms with van der Waals surface area (Å²) in [5.41, 5.74) is 4.51. The van der Waals surface area contributed by atoms with Crippen LogP contribution in [0.4, 0.5) is 40.6 Å². The number of hydrogen-bond donors (Lipinski definition) is 6. The number of carbonyl (C=O) groups excluding carboxylic acids is 2. The Morgan fingerprint density at radius 2 is 1.36 bits per heavy atom. The average molecular weight is 945 g/mol. The number of carbonyl (C=O) groups is 2. The molecule has 8 rings (SSSR count). The number of ketones is 2. The van der Waals surface area contributed by atoms with Gasteiger partial charge in [0.25, 0.3) is 5.56 Å². The van der Waals surface area contributed by atoms with Gasteiger partial charge in [0.15, 0.2) is 17.3 Å². The van der Waals surface area contributed by atoms with Gasteiger partial charge >= 0.3 is 0 Å². The second-order valence-electron chi connectivity index (χ2n) is 18.3. The van der Waals surface area contributed by atoms with Crippen LogP contribution < -0.4 is 35.9 Å². The molecule has 0 amide bonds. The Labute approximate surface area is 407 Å². The molecule has 15 nitrogen and oxygen atoms in total. The van der Waals surface area contributed by atoms with E-state index in [9.17, 15) is 24.6 Å². The molecule has 15 heteroatoms. The molecule has 0 saturated carbocycles. The van der Waals surface area contributed by atoms with Crippen molar-refractivity contribution in [3.63, 3.8) is 0 Å². The fraction of sp³-hybridized carbons (Fsp3) is 0.309. The fourth-order valence-corrected chi connectivity index (χ4v) is 8.77. The van der Waals surface area contributed by atoms with Gasteiger partial charge in [0, 0.05) is 53.5 Å². The van der Waals surface area contributed by atoms with Gasteiger partial charge in [0.1, 0.15) is 11.5 Å². The number of rotatable bonds is 22. The number of benzene rings is 5. The smallest absolute Gasteiger partial charge is 0.260 e. The monoisotopic (exact) mass is 944 g/mol. The van der Waals surface area contributed by atoms with E-state index in [1.54, 1.807) is 42.3 Å². The van der Waals surface area contributed by atoms with Gasteiger partial charge in [-0.25, -0.2) is 0 Å². The van der Waals surface area contributed by atoms with Crippen molar-refractivity contribution in [3.05, 3.63) is 136 Å². The number of anilines is 7. The van der Waals surface area contributed by atoms with E-state index in [0.29, 0.717) is 68.3 Å². The lowest BCUT2D eigenvalue weighted by Crippen LogP contribution is -2.31. The van der Waals surface area contributed by atoms with E-state index in [2.05, 4.69) is 63.6 Å². The highest BCUT2D eigenvalue weighted by Gasteiger charge is 2.34. The molecule has 1 aliphatic rings. The van der Waals surface area contributed by atoms with E-state index in [1.165, 1.54) is 0 Å². The molecule has 0 saturated heterocycles. The Hall–Kier alpha value is -7.62. The number of ether oxygens (including phenoxy) is 2. The molecular weight excluding hydrogens is 885 g/mol. The molecule has 0 radical (unpaired) electrons. The minimum atomic E-state index is -0.542. The van der Waals surface area contributed by atoms with E-state index < -0.39 is 5.56 Å². The first kappa shape index (κ1) is 48.8. The molecule has 0 fully saturated rings. The third-order valence-corrected chi connectivity index (χ3v) is 12.3. The average Bonchev–Trinajstić information content (AvgIpc) is 3.34. The molecule has 70 heavy (non-hydrogen) atoms. The lowest BCUT2D eigenvalue weighted by atomic mass is 9.80. The first-order chi connectivity index (χ1) is 33.9.